The Morgan fingerprint density at radius 2 is 1.59 bits per heavy atom. The number of amidine groups is 1. The third kappa shape index (κ3) is 9.60. The van der Waals surface area contributed by atoms with Gasteiger partial charge in [-0.1, -0.05) is 140 Å². The highest BCUT2D eigenvalue weighted by atomic mass is 79.9. The molecule has 5 aromatic carbocycles. The SMILES string of the molecule is C=C/C=C\C(=C/C)N1C(=O)/C(=C/c2cc(Br)c(OCc3ccc4ccccc4c3)c(CC=C)c2)C(=O)N=C1SCC(=O)NC(c1ccccc1)c1ccccc1. The number of aliphatic imine (C=N–C) groups is 1. The van der Waals surface area contributed by atoms with Gasteiger partial charge in [0.25, 0.3) is 11.8 Å². The molecule has 280 valence electrons. The van der Waals surface area contributed by atoms with E-state index >= 15 is 0 Å². The second-order valence-electron chi connectivity index (χ2n) is 12.8. The number of carbonyl (C=O) groups is 3. The third-order valence-corrected chi connectivity index (χ3v) is 10.5. The molecular weight excluding hydrogens is 783 g/mol. The normalized spacial score (nSPS) is 14.1. The van der Waals surface area contributed by atoms with Crippen molar-refractivity contribution in [3.63, 3.8) is 0 Å². The molecule has 6 rings (SSSR count). The summed E-state index contributed by atoms with van der Waals surface area (Å²) in [6.45, 7) is 9.81. The van der Waals surface area contributed by atoms with E-state index in [2.05, 4.69) is 63.7 Å². The number of rotatable bonds is 14. The van der Waals surface area contributed by atoms with Crippen LogP contribution in [0.3, 0.4) is 0 Å². The maximum absolute atomic E-state index is 14.3. The first kappa shape index (κ1) is 39.7. The molecule has 0 aromatic heterocycles. The van der Waals surface area contributed by atoms with E-state index < -0.39 is 17.9 Å². The van der Waals surface area contributed by atoms with Crippen molar-refractivity contribution in [3.8, 4) is 5.75 Å². The second kappa shape index (κ2) is 19.0. The number of ether oxygens (including phenoxy) is 1. The largest absolute Gasteiger partial charge is 0.487 e. The molecule has 0 unspecified atom stereocenters. The zero-order chi connectivity index (χ0) is 39.4. The van der Waals surface area contributed by atoms with Crippen LogP contribution in [0.2, 0.25) is 0 Å². The minimum Gasteiger partial charge on any atom is -0.487 e. The number of carbonyl (C=O) groups excluding carboxylic acids is 3. The Balaban J connectivity index is 1.26. The fourth-order valence-corrected chi connectivity index (χ4v) is 7.71. The van der Waals surface area contributed by atoms with E-state index in [0.717, 1.165) is 44.8 Å². The van der Waals surface area contributed by atoms with Crippen LogP contribution in [0.1, 0.15) is 40.8 Å². The maximum atomic E-state index is 14.3. The fraction of sp³-hybridized carbons (Fsp3) is 0.106. The number of halogens is 1. The molecule has 1 heterocycles. The van der Waals surface area contributed by atoms with Gasteiger partial charge in [-0.25, -0.2) is 0 Å². The quantitative estimate of drug-likeness (QED) is 0.0522. The van der Waals surface area contributed by atoms with Gasteiger partial charge < -0.3 is 10.1 Å². The number of nitrogens with zero attached hydrogens (tertiary/aromatic N) is 2. The molecule has 0 bridgehead atoms. The Morgan fingerprint density at radius 1 is 0.911 bits per heavy atom. The molecule has 0 radical (unpaired) electrons. The van der Waals surface area contributed by atoms with Crippen molar-refractivity contribution in [1.82, 2.24) is 10.2 Å². The van der Waals surface area contributed by atoms with Crippen LogP contribution in [0, 0.1) is 0 Å². The van der Waals surface area contributed by atoms with Gasteiger partial charge in [0.15, 0.2) is 5.17 Å². The van der Waals surface area contributed by atoms with Gasteiger partial charge in [-0.2, -0.15) is 4.99 Å². The Bertz CT molecular complexity index is 2360. The molecule has 1 aliphatic rings. The smallest absolute Gasteiger partial charge is 0.285 e. The first-order valence-corrected chi connectivity index (χ1v) is 19.8. The molecule has 0 atom stereocenters. The number of hydrogen-bond donors (Lipinski definition) is 1. The van der Waals surface area contributed by atoms with Gasteiger partial charge in [-0.3, -0.25) is 19.3 Å². The van der Waals surface area contributed by atoms with Gasteiger partial charge in [0.1, 0.15) is 17.9 Å². The summed E-state index contributed by atoms with van der Waals surface area (Å²) in [7, 11) is 0. The van der Waals surface area contributed by atoms with Gasteiger partial charge in [0, 0.05) is 5.70 Å². The van der Waals surface area contributed by atoms with E-state index in [9.17, 15) is 14.4 Å². The molecule has 9 heteroatoms. The molecular formula is C47H40BrN3O4S. The highest BCUT2D eigenvalue weighted by Gasteiger charge is 2.35. The lowest BCUT2D eigenvalue weighted by Gasteiger charge is -2.28. The van der Waals surface area contributed by atoms with Gasteiger partial charge in [-0.15, -0.1) is 6.58 Å². The first-order valence-electron chi connectivity index (χ1n) is 18.0. The standard InChI is InChI=1S/C47H40BrN3O4S/c1-4-7-23-39(6-3)51-46(54)40(45(53)50-47(51)56-31-42(52)49-43(35-18-10-8-11-19-35)36-20-12-9-13-21-36)28-33-27-38(16-5-2)44(41(48)29-33)55-30-32-24-25-34-17-14-15-22-37(34)26-32/h4-15,17-29,43H,1-2,16,30-31H2,3H3,(H,49,52)/b23-7-,39-6+,40-28+. The van der Waals surface area contributed by atoms with E-state index in [1.807, 2.05) is 91.0 Å². The number of allylic oxidation sites excluding steroid dienone is 5. The van der Waals surface area contributed by atoms with Crippen molar-refractivity contribution in [3.05, 3.63) is 202 Å². The second-order valence-corrected chi connectivity index (χ2v) is 14.6. The first-order chi connectivity index (χ1) is 27.3. The lowest BCUT2D eigenvalue weighted by Crippen LogP contribution is -2.42. The predicted octanol–water partition coefficient (Wildman–Crippen LogP) is 10.3. The highest BCUT2D eigenvalue weighted by Crippen LogP contribution is 2.34. The molecule has 7 nitrogen and oxygen atoms in total. The number of fused-ring (bicyclic) bond motifs is 1. The monoisotopic (exact) mass is 821 g/mol. The van der Waals surface area contributed by atoms with E-state index in [1.54, 1.807) is 37.3 Å². The lowest BCUT2D eigenvalue weighted by atomic mass is 9.99. The zero-order valence-electron chi connectivity index (χ0n) is 30.9. The number of amides is 3. The average Bonchev–Trinajstić information content (AvgIpc) is 3.22. The number of hydrogen-bond acceptors (Lipinski definition) is 5. The summed E-state index contributed by atoms with van der Waals surface area (Å²) in [5.41, 5.74) is 4.64. The van der Waals surface area contributed by atoms with E-state index in [-0.39, 0.29) is 22.4 Å². The summed E-state index contributed by atoms with van der Waals surface area (Å²) in [4.78, 5) is 47.2. The van der Waals surface area contributed by atoms with Crippen LogP contribution in [0.4, 0.5) is 0 Å². The lowest BCUT2D eigenvalue weighted by molar-refractivity contribution is -0.126. The third-order valence-electron chi connectivity index (χ3n) is 8.93. The number of thioether (sulfide) groups is 1. The molecule has 3 amide bonds. The molecule has 0 saturated heterocycles. The summed E-state index contributed by atoms with van der Waals surface area (Å²) in [6, 6.07) is 37.1. The highest BCUT2D eigenvalue weighted by molar-refractivity contribution is 9.10. The molecule has 0 aliphatic carbocycles. The Kier molecular flexibility index (Phi) is 13.5. The average molecular weight is 823 g/mol. The topological polar surface area (TPSA) is 88.1 Å². The maximum Gasteiger partial charge on any atom is 0.285 e. The molecule has 56 heavy (non-hydrogen) atoms. The van der Waals surface area contributed by atoms with Gasteiger partial charge in [-0.05, 0) is 98.2 Å². The van der Waals surface area contributed by atoms with Gasteiger partial charge in [0.05, 0.1) is 16.3 Å². The van der Waals surface area contributed by atoms with Crippen LogP contribution in [0.5, 0.6) is 5.75 Å². The van der Waals surface area contributed by atoms with Crippen molar-refractivity contribution in [2.45, 2.75) is 26.0 Å². The summed E-state index contributed by atoms with van der Waals surface area (Å²) < 4.78 is 7.00. The molecule has 5 aromatic rings. The molecule has 1 aliphatic heterocycles. The van der Waals surface area contributed by atoms with Crippen molar-refractivity contribution in [1.29, 1.82) is 0 Å². The van der Waals surface area contributed by atoms with Crippen molar-refractivity contribution >= 4 is 67.4 Å². The molecule has 1 N–H and O–H groups in total. The molecule has 0 saturated carbocycles. The minimum absolute atomic E-state index is 0.0915. The van der Waals surface area contributed by atoms with Crippen molar-refractivity contribution in [2.24, 2.45) is 4.99 Å². The summed E-state index contributed by atoms with van der Waals surface area (Å²) >= 11 is 4.69. The molecule has 0 fully saturated rings. The molecule has 0 spiro atoms. The van der Waals surface area contributed by atoms with Crippen LogP contribution < -0.4 is 10.1 Å². The van der Waals surface area contributed by atoms with Crippen LogP contribution in [0.25, 0.3) is 16.8 Å². The van der Waals surface area contributed by atoms with E-state index in [0.29, 0.717) is 34.5 Å². The van der Waals surface area contributed by atoms with E-state index in [1.165, 1.54) is 11.0 Å². The zero-order valence-corrected chi connectivity index (χ0v) is 33.3. The number of nitrogens with one attached hydrogen (secondary N) is 1. The van der Waals surface area contributed by atoms with Crippen molar-refractivity contribution < 1.29 is 19.1 Å². The summed E-state index contributed by atoms with van der Waals surface area (Å²) in [6.07, 6.45) is 10.5. The van der Waals surface area contributed by atoms with Gasteiger partial charge >= 0.3 is 0 Å². The van der Waals surface area contributed by atoms with Crippen LogP contribution >= 0.6 is 27.7 Å². The van der Waals surface area contributed by atoms with Crippen LogP contribution in [-0.4, -0.2) is 33.5 Å². The summed E-state index contributed by atoms with van der Waals surface area (Å²) in [5.74, 6) is -1.01. The Morgan fingerprint density at radius 3 is 2.25 bits per heavy atom. The van der Waals surface area contributed by atoms with Gasteiger partial charge in [0.2, 0.25) is 5.91 Å². The van der Waals surface area contributed by atoms with E-state index in [4.69, 9.17) is 4.74 Å². The minimum atomic E-state index is -0.707. The van der Waals surface area contributed by atoms with Crippen molar-refractivity contribution in [2.75, 3.05) is 5.75 Å². The van der Waals surface area contributed by atoms with Crippen LogP contribution in [-0.2, 0) is 27.4 Å². The predicted molar refractivity (Wildman–Crippen MR) is 232 cm³/mol. The van der Waals surface area contributed by atoms with Crippen LogP contribution in [0.15, 0.2) is 180 Å². The number of benzene rings is 5. The Hall–Kier alpha value is -6.03. The Labute approximate surface area is 340 Å². The fourth-order valence-electron chi connectivity index (χ4n) is 6.27. The summed E-state index contributed by atoms with van der Waals surface area (Å²) in [5, 5.41) is 5.50.